The van der Waals surface area contributed by atoms with Gasteiger partial charge >= 0.3 is 6.03 Å². The molecule has 9 heteroatoms. The SMILES string of the molecule is COc1ccc(F)cc1[C@@H](C)NC(=O)NCCCNS(C)(=O)=O. The molecule has 7 nitrogen and oxygen atoms in total. The summed E-state index contributed by atoms with van der Waals surface area (Å²) in [6.07, 6.45) is 1.53. The van der Waals surface area contributed by atoms with Gasteiger partial charge in [0.05, 0.1) is 19.4 Å². The first-order valence-electron chi connectivity index (χ1n) is 7.05. The van der Waals surface area contributed by atoms with Crippen molar-refractivity contribution in [2.45, 2.75) is 19.4 Å². The maximum atomic E-state index is 13.3. The van der Waals surface area contributed by atoms with Crippen LogP contribution >= 0.6 is 0 Å². The molecule has 0 aromatic heterocycles. The molecule has 23 heavy (non-hydrogen) atoms. The average Bonchev–Trinajstić information content (AvgIpc) is 2.45. The Bertz CT molecular complexity index is 637. The van der Waals surface area contributed by atoms with Crippen LogP contribution in [0.2, 0.25) is 0 Å². The lowest BCUT2D eigenvalue weighted by Gasteiger charge is -2.18. The second kappa shape index (κ2) is 8.68. The van der Waals surface area contributed by atoms with Crippen molar-refractivity contribution >= 4 is 16.1 Å². The molecule has 0 aliphatic heterocycles. The Morgan fingerprint density at radius 2 is 2.04 bits per heavy atom. The number of amides is 2. The van der Waals surface area contributed by atoms with Gasteiger partial charge in [0, 0.05) is 18.7 Å². The fraction of sp³-hybridized carbons (Fsp3) is 0.500. The predicted molar refractivity (Wildman–Crippen MR) is 85.4 cm³/mol. The van der Waals surface area contributed by atoms with Gasteiger partial charge in [0.15, 0.2) is 0 Å². The van der Waals surface area contributed by atoms with Gasteiger partial charge in [-0.05, 0) is 31.5 Å². The van der Waals surface area contributed by atoms with E-state index in [-0.39, 0.29) is 6.54 Å². The fourth-order valence-corrected chi connectivity index (χ4v) is 2.43. The number of halogens is 1. The highest BCUT2D eigenvalue weighted by molar-refractivity contribution is 7.88. The van der Waals surface area contributed by atoms with Crippen LogP contribution in [0, 0.1) is 5.82 Å². The van der Waals surface area contributed by atoms with Gasteiger partial charge in [-0.1, -0.05) is 0 Å². The van der Waals surface area contributed by atoms with Crippen LogP contribution in [0.25, 0.3) is 0 Å². The van der Waals surface area contributed by atoms with Crippen molar-refractivity contribution in [2.24, 2.45) is 0 Å². The number of benzene rings is 1. The highest BCUT2D eigenvalue weighted by atomic mass is 32.2. The topological polar surface area (TPSA) is 96.5 Å². The van der Waals surface area contributed by atoms with Gasteiger partial charge in [0.2, 0.25) is 10.0 Å². The summed E-state index contributed by atoms with van der Waals surface area (Å²) in [4.78, 5) is 11.8. The number of carbonyl (C=O) groups is 1. The minimum absolute atomic E-state index is 0.242. The highest BCUT2D eigenvalue weighted by Crippen LogP contribution is 2.25. The van der Waals surface area contributed by atoms with Gasteiger partial charge in [-0.3, -0.25) is 0 Å². The molecule has 0 bridgehead atoms. The zero-order valence-corrected chi connectivity index (χ0v) is 14.2. The summed E-state index contributed by atoms with van der Waals surface area (Å²) in [5.74, 6) is 0.0678. The lowest BCUT2D eigenvalue weighted by atomic mass is 10.1. The van der Waals surface area contributed by atoms with Crippen LogP contribution in [-0.2, 0) is 10.0 Å². The van der Waals surface area contributed by atoms with E-state index in [1.54, 1.807) is 6.92 Å². The second-order valence-corrected chi connectivity index (χ2v) is 6.86. The van der Waals surface area contributed by atoms with E-state index in [1.807, 2.05) is 0 Å². The third-order valence-electron chi connectivity index (χ3n) is 3.01. The number of methoxy groups -OCH3 is 1. The molecule has 0 fully saturated rings. The number of urea groups is 1. The number of hydrogen-bond donors (Lipinski definition) is 3. The van der Waals surface area contributed by atoms with E-state index in [4.69, 9.17) is 4.74 Å². The van der Waals surface area contributed by atoms with E-state index in [9.17, 15) is 17.6 Å². The van der Waals surface area contributed by atoms with Crippen LogP contribution in [0.3, 0.4) is 0 Å². The smallest absolute Gasteiger partial charge is 0.315 e. The number of hydrogen-bond acceptors (Lipinski definition) is 4. The Hall–Kier alpha value is -1.87. The fourth-order valence-electron chi connectivity index (χ4n) is 1.92. The van der Waals surface area contributed by atoms with Gasteiger partial charge in [-0.2, -0.15) is 0 Å². The molecule has 0 heterocycles. The maximum absolute atomic E-state index is 13.3. The first-order valence-corrected chi connectivity index (χ1v) is 8.94. The molecule has 2 amide bonds. The Morgan fingerprint density at radius 1 is 1.35 bits per heavy atom. The molecule has 3 N–H and O–H groups in total. The van der Waals surface area contributed by atoms with E-state index in [1.165, 1.54) is 25.3 Å². The summed E-state index contributed by atoms with van der Waals surface area (Å²) in [7, 11) is -1.75. The number of rotatable bonds is 8. The Labute approximate surface area is 135 Å². The third-order valence-corrected chi connectivity index (χ3v) is 3.74. The lowest BCUT2D eigenvalue weighted by Crippen LogP contribution is -2.38. The summed E-state index contributed by atoms with van der Waals surface area (Å²) >= 11 is 0. The number of nitrogens with one attached hydrogen (secondary N) is 3. The summed E-state index contributed by atoms with van der Waals surface area (Å²) in [5.41, 5.74) is 0.529. The quantitative estimate of drug-likeness (QED) is 0.614. The molecule has 0 unspecified atom stereocenters. The van der Waals surface area contributed by atoms with Gasteiger partial charge in [0.25, 0.3) is 0 Å². The minimum atomic E-state index is -3.22. The van der Waals surface area contributed by atoms with Crippen molar-refractivity contribution in [3.63, 3.8) is 0 Å². The minimum Gasteiger partial charge on any atom is -0.496 e. The van der Waals surface area contributed by atoms with Crippen LogP contribution < -0.4 is 20.1 Å². The molecular weight excluding hydrogens is 325 g/mol. The molecule has 0 spiro atoms. The van der Waals surface area contributed by atoms with Crippen molar-refractivity contribution < 1.29 is 22.3 Å². The largest absolute Gasteiger partial charge is 0.496 e. The van der Waals surface area contributed by atoms with Crippen molar-refractivity contribution in [3.05, 3.63) is 29.6 Å². The van der Waals surface area contributed by atoms with Crippen LogP contribution in [0.4, 0.5) is 9.18 Å². The van der Waals surface area contributed by atoms with Gasteiger partial charge in [-0.25, -0.2) is 22.3 Å². The Balaban J connectivity index is 2.44. The summed E-state index contributed by atoms with van der Waals surface area (Å²) in [6, 6.07) is 3.21. The van der Waals surface area contributed by atoms with Crippen LogP contribution in [0.1, 0.15) is 24.9 Å². The molecule has 1 aromatic rings. The third kappa shape index (κ3) is 7.29. The van der Waals surface area contributed by atoms with Gasteiger partial charge in [-0.15, -0.1) is 0 Å². The van der Waals surface area contributed by atoms with Crippen LogP contribution in [-0.4, -0.2) is 40.9 Å². The zero-order valence-electron chi connectivity index (χ0n) is 13.3. The molecule has 0 saturated carbocycles. The van der Waals surface area contributed by atoms with E-state index in [0.717, 1.165) is 6.26 Å². The van der Waals surface area contributed by atoms with Gasteiger partial charge < -0.3 is 15.4 Å². The molecule has 0 saturated heterocycles. The lowest BCUT2D eigenvalue weighted by molar-refractivity contribution is 0.237. The van der Waals surface area contributed by atoms with E-state index in [0.29, 0.717) is 24.3 Å². The number of sulfonamides is 1. The molecule has 0 aliphatic carbocycles. The summed E-state index contributed by atoms with van der Waals surface area (Å²) in [5, 5.41) is 5.27. The Kier molecular flexibility index (Phi) is 7.24. The van der Waals surface area contributed by atoms with Crippen LogP contribution in [0.15, 0.2) is 18.2 Å². The van der Waals surface area contributed by atoms with Crippen molar-refractivity contribution in [3.8, 4) is 5.75 Å². The molecular formula is C14H22FN3O4S. The van der Waals surface area contributed by atoms with E-state index < -0.39 is 27.9 Å². The van der Waals surface area contributed by atoms with Crippen molar-refractivity contribution in [1.29, 1.82) is 0 Å². The van der Waals surface area contributed by atoms with E-state index >= 15 is 0 Å². The highest BCUT2D eigenvalue weighted by Gasteiger charge is 2.14. The molecule has 1 rings (SSSR count). The second-order valence-electron chi connectivity index (χ2n) is 5.03. The maximum Gasteiger partial charge on any atom is 0.315 e. The van der Waals surface area contributed by atoms with Gasteiger partial charge in [0.1, 0.15) is 11.6 Å². The number of ether oxygens (including phenoxy) is 1. The van der Waals surface area contributed by atoms with Crippen molar-refractivity contribution in [2.75, 3.05) is 26.5 Å². The molecule has 1 atom stereocenters. The van der Waals surface area contributed by atoms with Crippen LogP contribution in [0.5, 0.6) is 5.75 Å². The first kappa shape index (κ1) is 19.2. The molecule has 1 aromatic carbocycles. The standard InChI is InChI=1S/C14H22FN3O4S/c1-10(12-9-11(15)5-6-13(12)22-2)18-14(19)16-7-4-8-17-23(3,20)21/h5-6,9-10,17H,4,7-8H2,1-3H3,(H2,16,18,19)/t10-/m1/s1. The average molecular weight is 347 g/mol. The molecule has 0 radical (unpaired) electrons. The monoisotopic (exact) mass is 347 g/mol. The van der Waals surface area contributed by atoms with E-state index in [2.05, 4.69) is 15.4 Å². The zero-order chi connectivity index (χ0) is 17.5. The molecule has 130 valence electrons. The first-order chi connectivity index (χ1) is 10.7. The van der Waals surface area contributed by atoms with Crippen molar-refractivity contribution in [1.82, 2.24) is 15.4 Å². The molecule has 0 aliphatic rings. The predicted octanol–water partition coefficient (Wildman–Crippen LogP) is 1.13. The number of carbonyl (C=O) groups excluding carboxylic acids is 1. The normalized spacial score (nSPS) is 12.5. The summed E-state index contributed by atoms with van der Waals surface area (Å²) < 4.78 is 42.5. The Morgan fingerprint density at radius 3 is 2.65 bits per heavy atom. The summed E-state index contributed by atoms with van der Waals surface area (Å²) in [6.45, 7) is 2.26.